The minimum Gasteiger partial charge on any atom is -0.480 e. The normalized spacial score (nSPS) is 11.9. The molecule has 8 heteroatoms. The molecule has 1 atom stereocenters. The number of carbonyl (C=O) groups excluding carboxylic acids is 1. The summed E-state index contributed by atoms with van der Waals surface area (Å²) in [5.41, 5.74) is 0.496. The van der Waals surface area contributed by atoms with Crippen molar-refractivity contribution in [3.05, 3.63) is 12.4 Å². The molecule has 100 valence electrons. The van der Waals surface area contributed by atoms with Crippen LogP contribution >= 0.6 is 0 Å². The van der Waals surface area contributed by atoms with Gasteiger partial charge in [-0.1, -0.05) is 0 Å². The lowest BCUT2D eigenvalue weighted by atomic mass is 10.3. The van der Waals surface area contributed by atoms with Crippen LogP contribution in [-0.4, -0.2) is 46.6 Å². The second kappa shape index (κ2) is 6.60. The van der Waals surface area contributed by atoms with Crippen LogP contribution in [0.25, 0.3) is 0 Å². The fourth-order valence-electron chi connectivity index (χ4n) is 1.27. The minimum absolute atomic E-state index is 0.100. The van der Waals surface area contributed by atoms with Crippen molar-refractivity contribution in [2.75, 3.05) is 19.0 Å². The Morgan fingerprint density at radius 3 is 2.83 bits per heavy atom. The highest BCUT2D eigenvalue weighted by molar-refractivity contribution is 5.92. The van der Waals surface area contributed by atoms with Crippen molar-refractivity contribution in [2.24, 2.45) is 0 Å². The number of carbonyl (C=O) groups is 2. The zero-order valence-corrected chi connectivity index (χ0v) is 10.2. The molecule has 0 fully saturated rings. The van der Waals surface area contributed by atoms with Crippen LogP contribution in [0.2, 0.25) is 0 Å². The van der Waals surface area contributed by atoms with E-state index >= 15 is 0 Å². The number of hydrogen-bond acceptors (Lipinski definition) is 4. The molecular weight excluding hydrogens is 240 g/mol. The third-order valence-corrected chi connectivity index (χ3v) is 2.15. The quantitative estimate of drug-likeness (QED) is 0.670. The molecule has 0 aromatic carbocycles. The molecule has 1 rings (SSSR count). The second-order valence-electron chi connectivity index (χ2n) is 3.53. The summed E-state index contributed by atoms with van der Waals surface area (Å²) in [5.74, 6) is -1.16. The van der Waals surface area contributed by atoms with E-state index in [1.807, 2.05) is 6.92 Å². The number of methoxy groups -OCH3 is 1. The average Bonchev–Trinajstić information content (AvgIpc) is 2.76. The predicted molar refractivity (Wildman–Crippen MR) is 63.4 cm³/mol. The van der Waals surface area contributed by atoms with Crippen LogP contribution in [0.15, 0.2) is 12.4 Å². The van der Waals surface area contributed by atoms with Gasteiger partial charge in [0, 0.05) is 19.9 Å². The van der Waals surface area contributed by atoms with Crippen molar-refractivity contribution in [1.82, 2.24) is 15.1 Å². The van der Waals surface area contributed by atoms with Crippen LogP contribution in [0.4, 0.5) is 10.5 Å². The van der Waals surface area contributed by atoms with Gasteiger partial charge in [-0.05, 0) is 6.92 Å². The Balaban J connectivity index is 2.51. The van der Waals surface area contributed by atoms with Crippen molar-refractivity contribution in [3.63, 3.8) is 0 Å². The van der Waals surface area contributed by atoms with Gasteiger partial charge in [-0.3, -0.25) is 4.68 Å². The van der Waals surface area contributed by atoms with E-state index in [-0.39, 0.29) is 6.61 Å². The van der Waals surface area contributed by atoms with E-state index in [1.165, 1.54) is 13.3 Å². The Hall–Kier alpha value is -2.09. The first-order chi connectivity index (χ1) is 8.56. The first kappa shape index (κ1) is 14.0. The number of hydrogen-bond donors (Lipinski definition) is 3. The van der Waals surface area contributed by atoms with Gasteiger partial charge >= 0.3 is 12.0 Å². The van der Waals surface area contributed by atoms with Crippen LogP contribution in [0, 0.1) is 0 Å². The van der Waals surface area contributed by atoms with Crippen molar-refractivity contribution in [1.29, 1.82) is 0 Å². The van der Waals surface area contributed by atoms with Crippen molar-refractivity contribution < 1.29 is 19.4 Å². The summed E-state index contributed by atoms with van der Waals surface area (Å²) in [6.07, 6.45) is 3.13. The molecule has 0 saturated carbocycles. The van der Waals surface area contributed by atoms with Crippen molar-refractivity contribution in [2.45, 2.75) is 19.5 Å². The number of aromatic nitrogens is 2. The number of nitrogens with one attached hydrogen (secondary N) is 2. The number of nitrogens with zero attached hydrogens (tertiary/aromatic N) is 2. The lowest BCUT2D eigenvalue weighted by Crippen LogP contribution is -2.45. The van der Waals surface area contributed by atoms with Gasteiger partial charge in [-0.25, -0.2) is 9.59 Å². The van der Waals surface area contributed by atoms with Crippen LogP contribution < -0.4 is 10.6 Å². The molecule has 0 aliphatic carbocycles. The predicted octanol–water partition coefficient (Wildman–Crippen LogP) is 0.124. The van der Waals surface area contributed by atoms with E-state index in [4.69, 9.17) is 9.84 Å². The number of anilines is 1. The summed E-state index contributed by atoms with van der Waals surface area (Å²) >= 11 is 0. The maximum absolute atomic E-state index is 11.5. The van der Waals surface area contributed by atoms with Gasteiger partial charge in [0.25, 0.3) is 0 Å². The van der Waals surface area contributed by atoms with Crippen LogP contribution in [0.5, 0.6) is 0 Å². The van der Waals surface area contributed by atoms with Crippen LogP contribution in [-0.2, 0) is 16.1 Å². The molecule has 18 heavy (non-hydrogen) atoms. The zero-order valence-electron chi connectivity index (χ0n) is 10.2. The lowest BCUT2D eigenvalue weighted by molar-refractivity contribution is -0.140. The number of aliphatic carboxylic acids is 1. The number of rotatable bonds is 6. The van der Waals surface area contributed by atoms with Gasteiger partial charge in [0.15, 0.2) is 6.04 Å². The average molecular weight is 256 g/mol. The van der Waals surface area contributed by atoms with E-state index < -0.39 is 18.0 Å². The molecule has 1 aromatic rings. The van der Waals surface area contributed by atoms with E-state index in [2.05, 4.69) is 15.7 Å². The summed E-state index contributed by atoms with van der Waals surface area (Å²) in [4.78, 5) is 22.3. The largest absolute Gasteiger partial charge is 0.480 e. The fourth-order valence-corrected chi connectivity index (χ4v) is 1.27. The van der Waals surface area contributed by atoms with Crippen LogP contribution in [0.1, 0.15) is 6.92 Å². The first-order valence-electron chi connectivity index (χ1n) is 5.38. The Labute approximate surface area is 104 Å². The molecular formula is C10H16N4O4. The molecule has 0 radical (unpaired) electrons. The van der Waals surface area contributed by atoms with Crippen molar-refractivity contribution >= 4 is 17.7 Å². The second-order valence-corrected chi connectivity index (χ2v) is 3.53. The Morgan fingerprint density at radius 1 is 1.61 bits per heavy atom. The highest BCUT2D eigenvalue weighted by Gasteiger charge is 2.19. The topological polar surface area (TPSA) is 105 Å². The Morgan fingerprint density at radius 2 is 2.33 bits per heavy atom. The molecule has 0 saturated heterocycles. The van der Waals surface area contributed by atoms with Gasteiger partial charge in [-0.15, -0.1) is 0 Å². The van der Waals surface area contributed by atoms with Gasteiger partial charge in [-0.2, -0.15) is 5.10 Å². The molecule has 0 spiro atoms. The van der Waals surface area contributed by atoms with E-state index in [9.17, 15) is 9.59 Å². The summed E-state index contributed by atoms with van der Waals surface area (Å²) in [6, 6.07) is -1.70. The maximum Gasteiger partial charge on any atom is 0.328 e. The summed E-state index contributed by atoms with van der Waals surface area (Å²) < 4.78 is 6.34. The number of urea groups is 1. The SMILES string of the molecule is CCn1cc(NC(=O)NC(COC)C(=O)O)cn1. The fraction of sp³-hybridized carbons (Fsp3) is 0.500. The molecule has 3 N–H and O–H groups in total. The minimum atomic E-state index is -1.16. The molecule has 1 unspecified atom stereocenters. The van der Waals surface area contributed by atoms with Gasteiger partial charge in [0.05, 0.1) is 18.5 Å². The van der Waals surface area contributed by atoms with Crippen molar-refractivity contribution in [3.8, 4) is 0 Å². The molecule has 0 bridgehead atoms. The van der Waals surface area contributed by atoms with Gasteiger partial charge in [0.1, 0.15) is 0 Å². The summed E-state index contributed by atoms with van der Waals surface area (Å²) in [5, 5.41) is 17.6. The Kier molecular flexibility index (Phi) is 5.12. The number of aryl methyl sites for hydroxylation is 1. The third kappa shape index (κ3) is 4.06. The number of amides is 2. The molecule has 1 heterocycles. The van der Waals surface area contributed by atoms with E-state index in [0.717, 1.165) is 0 Å². The summed E-state index contributed by atoms with van der Waals surface area (Å²) in [7, 11) is 1.36. The maximum atomic E-state index is 11.5. The monoisotopic (exact) mass is 256 g/mol. The first-order valence-corrected chi connectivity index (χ1v) is 5.38. The van der Waals surface area contributed by atoms with Crippen LogP contribution in [0.3, 0.4) is 0 Å². The highest BCUT2D eigenvalue weighted by Crippen LogP contribution is 2.04. The molecule has 1 aromatic heterocycles. The smallest absolute Gasteiger partial charge is 0.328 e. The zero-order chi connectivity index (χ0) is 13.5. The summed E-state index contributed by atoms with van der Waals surface area (Å²) in [6.45, 7) is 2.50. The molecule has 0 aliphatic rings. The van der Waals surface area contributed by atoms with E-state index in [0.29, 0.717) is 12.2 Å². The standard InChI is InChI=1S/C10H16N4O4/c1-3-14-5-7(4-11-14)12-10(17)13-8(6-18-2)9(15)16/h4-5,8H,3,6H2,1-2H3,(H,15,16)(H2,12,13,17). The number of carboxylic acid groups (broad SMARTS) is 1. The molecule has 8 nitrogen and oxygen atoms in total. The number of carboxylic acids is 1. The highest BCUT2D eigenvalue weighted by atomic mass is 16.5. The number of ether oxygens (including phenoxy) is 1. The van der Waals surface area contributed by atoms with Gasteiger partial charge < -0.3 is 20.5 Å². The third-order valence-electron chi connectivity index (χ3n) is 2.15. The molecule has 0 aliphatic heterocycles. The lowest BCUT2D eigenvalue weighted by Gasteiger charge is -2.13. The van der Waals surface area contributed by atoms with E-state index in [1.54, 1.807) is 10.9 Å². The van der Waals surface area contributed by atoms with Gasteiger partial charge in [0.2, 0.25) is 0 Å². The Bertz CT molecular complexity index is 418. The molecule has 2 amide bonds.